The van der Waals surface area contributed by atoms with Gasteiger partial charge in [-0.25, -0.2) is 0 Å². The first kappa shape index (κ1) is 12.9. The highest BCUT2D eigenvalue weighted by Gasteiger charge is 2.42. The lowest BCUT2D eigenvalue weighted by atomic mass is 9.78. The molecule has 1 amide bonds. The maximum atomic E-state index is 12.8. The van der Waals surface area contributed by atoms with E-state index in [4.69, 9.17) is 0 Å². The van der Waals surface area contributed by atoms with Gasteiger partial charge in [-0.15, -0.1) is 0 Å². The molecule has 1 aliphatic rings. The second kappa shape index (κ2) is 5.12. The molecule has 0 atom stereocenters. The number of aryl methyl sites for hydroxylation is 1. The minimum absolute atomic E-state index is 0.0627. The molecule has 0 aliphatic heterocycles. The van der Waals surface area contributed by atoms with Crippen molar-refractivity contribution >= 4 is 11.7 Å². The monoisotopic (exact) mass is 269 g/mol. The van der Waals surface area contributed by atoms with Crippen LogP contribution < -0.4 is 5.32 Å². The van der Waals surface area contributed by atoms with Crippen LogP contribution in [0, 0.1) is 6.92 Å². The molecule has 0 radical (unpaired) electrons. The smallest absolute Gasteiger partial charge is 0.236 e. The maximum Gasteiger partial charge on any atom is 0.236 e. The zero-order valence-corrected chi connectivity index (χ0v) is 11.6. The Kier molecular flexibility index (Phi) is 3.30. The van der Waals surface area contributed by atoms with E-state index in [9.17, 15) is 4.79 Å². The Labute approximate surface area is 118 Å². The Morgan fingerprint density at radius 3 is 2.55 bits per heavy atom. The van der Waals surface area contributed by atoms with Crippen molar-refractivity contribution in [1.29, 1.82) is 0 Å². The van der Waals surface area contributed by atoms with Crippen LogP contribution in [0.5, 0.6) is 0 Å². The largest absolute Gasteiger partial charge is 0.308 e. The summed E-state index contributed by atoms with van der Waals surface area (Å²) in [5.41, 5.74) is 1.66. The summed E-state index contributed by atoms with van der Waals surface area (Å²) >= 11 is 0. The number of nitrogens with one attached hydrogen (secondary N) is 2. The van der Waals surface area contributed by atoms with Crippen LogP contribution in [-0.2, 0) is 10.2 Å². The van der Waals surface area contributed by atoms with Crippen molar-refractivity contribution < 1.29 is 4.79 Å². The number of nitrogens with zero attached hydrogens (tertiary/aromatic N) is 1. The molecule has 1 fully saturated rings. The number of anilines is 1. The molecule has 0 bridgehead atoms. The van der Waals surface area contributed by atoms with Crippen LogP contribution in [0.3, 0.4) is 0 Å². The molecule has 0 unspecified atom stereocenters. The molecule has 1 aromatic heterocycles. The summed E-state index contributed by atoms with van der Waals surface area (Å²) < 4.78 is 0. The van der Waals surface area contributed by atoms with Crippen LogP contribution in [0.4, 0.5) is 5.82 Å². The lowest BCUT2D eigenvalue weighted by molar-refractivity contribution is -0.121. The van der Waals surface area contributed by atoms with Gasteiger partial charge in [0.2, 0.25) is 5.91 Å². The van der Waals surface area contributed by atoms with Crippen LogP contribution in [-0.4, -0.2) is 16.1 Å². The number of carbonyl (C=O) groups is 1. The van der Waals surface area contributed by atoms with Crippen molar-refractivity contribution in [3.05, 3.63) is 47.7 Å². The van der Waals surface area contributed by atoms with E-state index in [2.05, 4.69) is 27.6 Å². The number of aromatic amines is 1. The number of hydrogen-bond donors (Lipinski definition) is 2. The molecule has 0 spiro atoms. The lowest BCUT2D eigenvalue weighted by Crippen LogP contribution is -2.38. The van der Waals surface area contributed by atoms with Gasteiger partial charge in [-0.05, 0) is 25.3 Å². The first-order valence-corrected chi connectivity index (χ1v) is 7.10. The van der Waals surface area contributed by atoms with E-state index in [1.807, 2.05) is 31.2 Å². The van der Waals surface area contributed by atoms with Crippen molar-refractivity contribution in [2.75, 3.05) is 5.32 Å². The molecular formula is C16H19N3O. The second-order valence-corrected chi connectivity index (χ2v) is 5.55. The first-order valence-electron chi connectivity index (χ1n) is 7.10. The number of amides is 1. The Morgan fingerprint density at radius 1 is 1.25 bits per heavy atom. The summed E-state index contributed by atoms with van der Waals surface area (Å²) in [6.45, 7) is 1.92. The van der Waals surface area contributed by atoms with Crippen LogP contribution >= 0.6 is 0 Å². The average molecular weight is 269 g/mol. The lowest BCUT2D eigenvalue weighted by Gasteiger charge is -2.27. The number of aromatic nitrogens is 2. The van der Waals surface area contributed by atoms with E-state index in [0.29, 0.717) is 5.82 Å². The molecule has 4 heteroatoms. The zero-order chi connectivity index (χ0) is 14.0. The van der Waals surface area contributed by atoms with Gasteiger partial charge in [0, 0.05) is 11.8 Å². The molecular weight excluding hydrogens is 250 g/mol. The van der Waals surface area contributed by atoms with Crippen LogP contribution in [0.25, 0.3) is 0 Å². The summed E-state index contributed by atoms with van der Waals surface area (Å²) in [4.78, 5) is 12.8. The van der Waals surface area contributed by atoms with Gasteiger partial charge in [-0.1, -0.05) is 43.2 Å². The summed E-state index contributed by atoms with van der Waals surface area (Å²) in [7, 11) is 0. The highest BCUT2D eigenvalue weighted by atomic mass is 16.2. The predicted molar refractivity (Wildman–Crippen MR) is 78.5 cm³/mol. The Bertz CT molecular complexity index is 597. The third-order valence-corrected chi connectivity index (χ3v) is 4.17. The molecule has 20 heavy (non-hydrogen) atoms. The fourth-order valence-corrected chi connectivity index (χ4v) is 3.10. The van der Waals surface area contributed by atoms with E-state index in [0.717, 1.165) is 36.9 Å². The molecule has 1 heterocycles. The SMILES string of the molecule is Cc1cc(NC(=O)C2(c3ccccc3)CCCC2)n[nH]1. The van der Waals surface area contributed by atoms with Crippen molar-refractivity contribution in [3.63, 3.8) is 0 Å². The normalized spacial score (nSPS) is 17.1. The summed E-state index contributed by atoms with van der Waals surface area (Å²) in [5, 5.41) is 9.91. The average Bonchev–Trinajstić information content (AvgIpc) is 3.10. The Morgan fingerprint density at radius 2 is 1.95 bits per heavy atom. The topological polar surface area (TPSA) is 57.8 Å². The first-order chi connectivity index (χ1) is 9.71. The van der Waals surface area contributed by atoms with Crippen LogP contribution in [0.1, 0.15) is 36.9 Å². The van der Waals surface area contributed by atoms with Crippen LogP contribution in [0.2, 0.25) is 0 Å². The quantitative estimate of drug-likeness (QED) is 0.899. The Balaban J connectivity index is 1.89. The molecule has 2 N–H and O–H groups in total. The second-order valence-electron chi connectivity index (χ2n) is 5.55. The van der Waals surface area contributed by atoms with Gasteiger partial charge >= 0.3 is 0 Å². The fourth-order valence-electron chi connectivity index (χ4n) is 3.10. The van der Waals surface area contributed by atoms with Gasteiger partial charge in [0.15, 0.2) is 5.82 Å². The molecule has 4 nitrogen and oxygen atoms in total. The van der Waals surface area contributed by atoms with Gasteiger partial charge in [-0.2, -0.15) is 5.10 Å². The Hall–Kier alpha value is -2.10. The van der Waals surface area contributed by atoms with Crippen LogP contribution in [0.15, 0.2) is 36.4 Å². The van der Waals surface area contributed by atoms with Crippen molar-refractivity contribution in [2.24, 2.45) is 0 Å². The van der Waals surface area contributed by atoms with Gasteiger partial charge in [0.25, 0.3) is 0 Å². The molecule has 2 aromatic rings. The van der Waals surface area contributed by atoms with Crippen molar-refractivity contribution in [1.82, 2.24) is 10.2 Å². The highest BCUT2D eigenvalue weighted by Crippen LogP contribution is 2.41. The molecule has 1 saturated carbocycles. The fraction of sp³-hybridized carbons (Fsp3) is 0.375. The van der Waals surface area contributed by atoms with Crippen molar-refractivity contribution in [2.45, 2.75) is 38.0 Å². The van der Waals surface area contributed by atoms with Gasteiger partial charge < -0.3 is 5.32 Å². The predicted octanol–water partition coefficient (Wildman–Crippen LogP) is 3.17. The highest BCUT2D eigenvalue weighted by molar-refractivity contribution is 5.98. The molecule has 1 aliphatic carbocycles. The number of hydrogen-bond acceptors (Lipinski definition) is 2. The number of H-pyrrole nitrogens is 1. The molecule has 104 valence electrons. The van der Waals surface area contributed by atoms with Gasteiger partial charge in [0.1, 0.15) is 0 Å². The van der Waals surface area contributed by atoms with E-state index in [1.165, 1.54) is 0 Å². The van der Waals surface area contributed by atoms with E-state index in [-0.39, 0.29) is 5.91 Å². The van der Waals surface area contributed by atoms with E-state index < -0.39 is 5.41 Å². The third kappa shape index (κ3) is 2.22. The van der Waals surface area contributed by atoms with E-state index >= 15 is 0 Å². The summed E-state index contributed by atoms with van der Waals surface area (Å²) in [6, 6.07) is 12.0. The maximum absolute atomic E-state index is 12.8. The van der Waals surface area contributed by atoms with Gasteiger partial charge in [-0.3, -0.25) is 9.89 Å². The molecule has 3 rings (SSSR count). The zero-order valence-electron chi connectivity index (χ0n) is 11.6. The van der Waals surface area contributed by atoms with Crippen molar-refractivity contribution in [3.8, 4) is 0 Å². The molecule has 1 aromatic carbocycles. The number of carbonyl (C=O) groups excluding carboxylic acids is 1. The van der Waals surface area contributed by atoms with Gasteiger partial charge in [0.05, 0.1) is 5.41 Å². The minimum Gasteiger partial charge on any atom is -0.308 e. The number of benzene rings is 1. The summed E-state index contributed by atoms with van der Waals surface area (Å²) in [5.74, 6) is 0.669. The summed E-state index contributed by atoms with van der Waals surface area (Å²) in [6.07, 6.45) is 4.02. The third-order valence-electron chi connectivity index (χ3n) is 4.17. The minimum atomic E-state index is -0.395. The molecule has 0 saturated heterocycles. The van der Waals surface area contributed by atoms with E-state index in [1.54, 1.807) is 0 Å². The standard InChI is InChI=1S/C16H19N3O/c1-12-11-14(19-18-12)17-15(20)16(9-5-6-10-16)13-7-3-2-4-8-13/h2-4,7-8,11H,5-6,9-10H2,1H3,(H2,17,18,19,20). The number of rotatable bonds is 3.